The molecule has 2 atom stereocenters. The van der Waals surface area contributed by atoms with Crippen LogP contribution in [0, 0.1) is 0 Å². The third kappa shape index (κ3) is 3.07. The van der Waals surface area contributed by atoms with Crippen LogP contribution < -0.4 is 0 Å². The fraction of sp³-hybridized carbons (Fsp3) is 0.643. The van der Waals surface area contributed by atoms with E-state index in [9.17, 15) is 4.79 Å². The number of fused-ring (bicyclic) bond motifs is 1. The van der Waals surface area contributed by atoms with Crippen LogP contribution in [0.4, 0.5) is 0 Å². The van der Waals surface area contributed by atoms with Gasteiger partial charge in [-0.05, 0) is 49.6 Å². The maximum absolute atomic E-state index is 12.5. The standard InChI is InChI=1S/C14H20ClNOS/c1-10(15)6-8-16(2)14(17)12-4-3-5-13-11(12)7-9-18-13/h7,9-10,12H,3-6,8H2,1-2H3. The lowest BCUT2D eigenvalue weighted by molar-refractivity contribution is -0.131. The fourth-order valence-electron chi connectivity index (χ4n) is 2.49. The minimum atomic E-state index is 0.0793. The Hall–Kier alpha value is -0.540. The number of hydrogen-bond acceptors (Lipinski definition) is 2. The quantitative estimate of drug-likeness (QED) is 0.774. The lowest BCUT2D eigenvalue weighted by atomic mass is 9.87. The van der Waals surface area contributed by atoms with Crippen molar-refractivity contribution in [2.45, 2.75) is 43.9 Å². The molecule has 18 heavy (non-hydrogen) atoms. The molecule has 1 aromatic rings. The molecule has 0 N–H and O–H groups in total. The summed E-state index contributed by atoms with van der Waals surface area (Å²) < 4.78 is 0. The Kier molecular flexibility index (Phi) is 4.68. The molecular weight excluding hydrogens is 266 g/mol. The van der Waals surface area contributed by atoms with Gasteiger partial charge in [-0.1, -0.05) is 0 Å². The molecule has 2 rings (SSSR count). The highest BCUT2D eigenvalue weighted by Gasteiger charge is 2.29. The van der Waals surface area contributed by atoms with E-state index in [1.54, 1.807) is 11.3 Å². The number of carbonyl (C=O) groups is 1. The van der Waals surface area contributed by atoms with E-state index in [1.165, 1.54) is 10.4 Å². The molecule has 0 radical (unpaired) electrons. The van der Waals surface area contributed by atoms with Crippen molar-refractivity contribution < 1.29 is 4.79 Å². The van der Waals surface area contributed by atoms with Crippen molar-refractivity contribution in [3.05, 3.63) is 21.9 Å². The lowest BCUT2D eigenvalue weighted by Gasteiger charge is -2.27. The van der Waals surface area contributed by atoms with E-state index >= 15 is 0 Å². The topological polar surface area (TPSA) is 20.3 Å². The summed E-state index contributed by atoms with van der Waals surface area (Å²) in [6.07, 6.45) is 4.11. The van der Waals surface area contributed by atoms with E-state index in [0.717, 1.165) is 32.2 Å². The van der Waals surface area contributed by atoms with Crippen molar-refractivity contribution >= 4 is 28.8 Å². The lowest BCUT2D eigenvalue weighted by Crippen LogP contribution is -2.34. The monoisotopic (exact) mass is 285 g/mol. The van der Waals surface area contributed by atoms with Gasteiger partial charge >= 0.3 is 0 Å². The molecule has 2 nitrogen and oxygen atoms in total. The minimum Gasteiger partial charge on any atom is -0.345 e. The van der Waals surface area contributed by atoms with E-state index in [4.69, 9.17) is 11.6 Å². The summed E-state index contributed by atoms with van der Waals surface area (Å²) >= 11 is 7.72. The molecule has 1 aliphatic carbocycles. The van der Waals surface area contributed by atoms with Crippen molar-refractivity contribution in [2.24, 2.45) is 0 Å². The zero-order valence-corrected chi connectivity index (χ0v) is 12.6. The largest absolute Gasteiger partial charge is 0.345 e. The maximum Gasteiger partial charge on any atom is 0.229 e. The second kappa shape index (κ2) is 6.07. The Morgan fingerprint density at radius 3 is 3.17 bits per heavy atom. The predicted molar refractivity (Wildman–Crippen MR) is 77.6 cm³/mol. The first kappa shape index (κ1) is 13.9. The smallest absolute Gasteiger partial charge is 0.229 e. The molecule has 0 spiro atoms. The number of carbonyl (C=O) groups excluding carboxylic acids is 1. The molecule has 1 aliphatic rings. The van der Waals surface area contributed by atoms with Crippen molar-refractivity contribution in [3.8, 4) is 0 Å². The molecule has 0 saturated carbocycles. The highest BCUT2D eigenvalue weighted by molar-refractivity contribution is 7.10. The van der Waals surface area contributed by atoms with Gasteiger partial charge in [0.1, 0.15) is 0 Å². The highest BCUT2D eigenvalue weighted by Crippen LogP contribution is 2.35. The molecule has 1 amide bonds. The Morgan fingerprint density at radius 1 is 1.67 bits per heavy atom. The van der Waals surface area contributed by atoms with Crippen LogP contribution in [0.3, 0.4) is 0 Å². The second-order valence-corrected chi connectivity index (χ2v) is 6.82. The van der Waals surface area contributed by atoms with Crippen molar-refractivity contribution in [2.75, 3.05) is 13.6 Å². The normalized spacial score (nSPS) is 20.3. The Balaban J connectivity index is 2.02. The van der Waals surface area contributed by atoms with Crippen LogP contribution in [0.15, 0.2) is 11.4 Å². The fourth-order valence-corrected chi connectivity index (χ4v) is 3.58. The van der Waals surface area contributed by atoms with E-state index in [1.807, 2.05) is 18.9 Å². The van der Waals surface area contributed by atoms with E-state index < -0.39 is 0 Å². The summed E-state index contributed by atoms with van der Waals surface area (Å²) in [5, 5.41) is 2.24. The number of nitrogens with zero attached hydrogens (tertiary/aromatic N) is 1. The molecular formula is C14H20ClNOS. The zero-order chi connectivity index (χ0) is 13.1. The molecule has 0 saturated heterocycles. The first-order valence-electron chi connectivity index (χ1n) is 6.55. The van der Waals surface area contributed by atoms with Crippen molar-refractivity contribution in [1.29, 1.82) is 0 Å². The second-order valence-electron chi connectivity index (χ2n) is 5.07. The summed E-state index contributed by atoms with van der Waals surface area (Å²) in [4.78, 5) is 15.7. The van der Waals surface area contributed by atoms with Crippen molar-refractivity contribution in [3.63, 3.8) is 0 Å². The molecule has 0 aromatic carbocycles. The number of hydrogen-bond donors (Lipinski definition) is 0. The Bertz CT molecular complexity index is 416. The third-order valence-corrected chi connectivity index (χ3v) is 4.80. The van der Waals surface area contributed by atoms with Crippen LogP contribution in [0.1, 0.15) is 42.5 Å². The number of alkyl halides is 1. The van der Waals surface area contributed by atoms with E-state index in [-0.39, 0.29) is 17.2 Å². The van der Waals surface area contributed by atoms with Crippen LogP contribution in [-0.4, -0.2) is 29.8 Å². The summed E-state index contributed by atoms with van der Waals surface area (Å²) in [5.74, 6) is 0.335. The van der Waals surface area contributed by atoms with Crippen LogP contribution >= 0.6 is 22.9 Å². The van der Waals surface area contributed by atoms with E-state index in [2.05, 4.69) is 11.4 Å². The number of likely N-dealkylation sites (N-methyl/N-ethyl adjacent to an activating group) is 1. The molecule has 4 heteroatoms. The minimum absolute atomic E-state index is 0.0793. The van der Waals surface area contributed by atoms with Crippen LogP contribution in [0.5, 0.6) is 0 Å². The number of halogens is 1. The Morgan fingerprint density at radius 2 is 2.44 bits per heavy atom. The zero-order valence-electron chi connectivity index (χ0n) is 11.0. The number of aryl methyl sites for hydroxylation is 1. The summed E-state index contributed by atoms with van der Waals surface area (Å²) in [5.41, 5.74) is 1.27. The van der Waals surface area contributed by atoms with Crippen LogP contribution in [-0.2, 0) is 11.2 Å². The first-order chi connectivity index (χ1) is 8.59. The van der Waals surface area contributed by atoms with Gasteiger partial charge in [0.2, 0.25) is 5.91 Å². The van der Waals surface area contributed by atoms with Gasteiger partial charge in [0.05, 0.1) is 5.92 Å². The predicted octanol–water partition coefficient (Wildman–Crippen LogP) is 3.64. The number of amides is 1. The van der Waals surface area contributed by atoms with Gasteiger partial charge in [0.15, 0.2) is 0 Å². The number of thiophene rings is 1. The van der Waals surface area contributed by atoms with Gasteiger partial charge in [0.25, 0.3) is 0 Å². The number of rotatable bonds is 4. The molecule has 0 bridgehead atoms. The summed E-state index contributed by atoms with van der Waals surface area (Å²) in [6, 6.07) is 2.12. The molecule has 0 aliphatic heterocycles. The van der Waals surface area contributed by atoms with Gasteiger partial charge in [-0.3, -0.25) is 4.79 Å². The molecule has 1 aromatic heterocycles. The summed E-state index contributed by atoms with van der Waals surface area (Å²) in [6.45, 7) is 2.72. The van der Waals surface area contributed by atoms with Gasteiger partial charge in [-0.2, -0.15) is 0 Å². The SMILES string of the molecule is CC(Cl)CCN(C)C(=O)C1CCCc2sccc21. The first-order valence-corrected chi connectivity index (χ1v) is 7.86. The van der Waals surface area contributed by atoms with E-state index in [0.29, 0.717) is 0 Å². The molecule has 1 heterocycles. The molecule has 2 unspecified atom stereocenters. The average molecular weight is 286 g/mol. The Labute approximate surface area is 118 Å². The molecule has 0 fully saturated rings. The molecule has 100 valence electrons. The van der Waals surface area contributed by atoms with Gasteiger partial charge in [0, 0.05) is 23.8 Å². The van der Waals surface area contributed by atoms with Gasteiger partial charge in [-0.25, -0.2) is 0 Å². The summed E-state index contributed by atoms with van der Waals surface area (Å²) in [7, 11) is 1.89. The van der Waals surface area contributed by atoms with Crippen LogP contribution in [0.25, 0.3) is 0 Å². The van der Waals surface area contributed by atoms with Crippen LogP contribution in [0.2, 0.25) is 0 Å². The average Bonchev–Trinajstić information content (AvgIpc) is 2.82. The van der Waals surface area contributed by atoms with Gasteiger partial charge < -0.3 is 4.90 Å². The van der Waals surface area contributed by atoms with Crippen molar-refractivity contribution in [1.82, 2.24) is 4.90 Å². The maximum atomic E-state index is 12.5. The third-order valence-electron chi connectivity index (χ3n) is 3.59. The highest BCUT2D eigenvalue weighted by atomic mass is 35.5. The van der Waals surface area contributed by atoms with Gasteiger partial charge in [-0.15, -0.1) is 22.9 Å².